The van der Waals surface area contributed by atoms with Crippen LogP contribution in [0.2, 0.25) is 0 Å². The van der Waals surface area contributed by atoms with Crippen molar-refractivity contribution < 1.29 is 9.59 Å². The number of nitrogens with two attached hydrogens (primary N) is 1. The summed E-state index contributed by atoms with van der Waals surface area (Å²) in [6, 6.07) is 1.13. The lowest BCUT2D eigenvalue weighted by Gasteiger charge is -2.03. The van der Waals surface area contributed by atoms with Crippen molar-refractivity contribution in [3.63, 3.8) is 0 Å². The second-order valence-corrected chi connectivity index (χ2v) is 6.00. The lowest BCUT2D eigenvalue weighted by atomic mass is 10.4. The first-order chi connectivity index (χ1) is 7.50. The molecule has 0 aliphatic heterocycles. The SMILES string of the molecule is NC(=O)NCCNC(=O)c1cc(Br)c(Br)s1. The number of carbonyl (C=O) groups excluding carboxylic acids is 2. The van der Waals surface area contributed by atoms with Crippen LogP contribution in [0.5, 0.6) is 0 Å². The summed E-state index contributed by atoms with van der Waals surface area (Å²) in [5.74, 6) is -0.178. The largest absolute Gasteiger partial charge is 0.352 e. The molecule has 88 valence electrons. The Bertz CT molecular complexity index is 388. The topological polar surface area (TPSA) is 84.2 Å². The first-order valence-corrected chi connectivity index (χ1v) is 6.67. The van der Waals surface area contributed by atoms with Gasteiger partial charge in [0.15, 0.2) is 0 Å². The van der Waals surface area contributed by atoms with Crippen LogP contribution in [0.3, 0.4) is 0 Å². The molecular formula is C8H9Br2N3O2S. The second-order valence-electron chi connectivity index (χ2n) is 2.78. The van der Waals surface area contributed by atoms with Crippen molar-refractivity contribution >= 4 is 55.1 Å². The predicted octanol–water partition coefficient (Wildman–Crippen LogP) is 1.67. The predicted molar refractivity (Wildman–Crippen MR) is 69.6 cm³/mol. The molecule has 0 saturated carbocycles. The highest BCUT2D eigenvalue weighted by molar-refractivity contribution is 9.13. The first-order valence-electron chi connectivity index (χ1n) is 4.27. The summed E-state index contributed by atoms with van der Waals surface area (Å²) < 4.78 is 1.71. The number of nitrogens with one attached hydrogen (secondary N) is 2. The molecule has 0 radical (unpaired) electrons. The van der Waals surface area contributed by atoms with Gasteiger partial charge in [0.05, 0.1) is 8.66 Å². The van der Waals surface area contributed by atoms with E-state index in [0.717, 1.165) is 8.26 Å². The molecule has 0 saturated heterocycles. The van der Waals surface area contributed by atoms with Gasteiger partial charge in [0.2, 0.25) is 0 Å². The van der Waals surface area contributed by atoms with Crippen molar-refractivity contribution in [2.45, 2.75) is 0 Å². The highest BCUT2D eigenvalue weighted by Gasteiger charge is 2.11. The Morgan fingerprint density at radius 2 is 1.94 bits per heavy atom. The van der Waals surface area contributed by atoms with Crippen LogP contribution in [0.15, 0.2) is 14.3 Å². The van der Waals surface area contributed by atoms with E-state index in [1.54, 1.807) is 6.07 Å². The lowest BCUT2D eigenvalue weighted by Crippen LogP contribution is -2.37. The highest BCUT2D eigenvalue weighted by Crippen LogP contribution is 2.32. The number of amides is 3. The maximum absolute atomic E-state index is 11.6. The minimum atomic E-state index is -0.601. The molecule has 16 heavy (non-hydrogen) atoms. The fourth-order valence-corrected chi connectivity index (χ4v) is 2.86. The Kier molecular flexibility index (Phi) is 5.23. The maximum atomic E-state index is 11.6. The second kappa shape index (κ2) is 6.21. The van der Waals surface area contributed by atoms with Crippen molar-refractivity contribution in [2.75, 3.05) is 13.1 Å². The Balaban J connectivity index is 2.38. The third-order valence-corrected chi connectivity index (χ3v) is 4.83. The molecule has 1 aromatic rings. The lowest BCUT2D eigenvalue weighted by molar-refractivity contribution is 0.0958. The van der Waals surface area contributed by atoms with Crippen molar-refractivity contribution in [3.05, 3.63) is 19.2 Å². The number of rotatable bonds is 4. The summed E-state index contributed by atoms with van der Waals surface area (Å²) >= 11 is 7.93. The van der Waals surface area contributed by atoms with E-state index in [1.165, 1.54) is 11.3 Å². The highest BCUT2D eigenvalue weighted by atomic mass is 79.9. The van der Waals surface area contributed by atoms with Crippen LogP contribution in [-0.4, -0.2) is 25.0 Å². The number of hydrogen-bond acceptors (Lipinski definition) is 3. The minimum absolute atomic E-state index is 0.178. The summed E-state index contributed by atoms with van der Waals surface area (Å²) in [6.45, 7) is 0.656. The molecule has 4 N–H and O–H groups in total. The van der Waals surface area contributed by atoms with Gasteiger partial charge >= 0.3 is 6.03 Å². The molecule has 0 unspecified atom stereocenters. The van der Waals surface area contributed by atoms with Crippen LogP contribution < -0.4 is 16.4 Å². The monoisotopic (exact) mass is 369 g/mol. The summed E-state index contributed by atoms with van der Waals surface area (Å²) in [7, 11) is 0. The number of halogens is 2. The zero-order valence-electron chi connectivity index (χ0n) is 8.05. The van der Waals surface area contributed by atoms with Gasteiger partial charge in [0, 0.05) is 17.6 Å². The number of urea groups is 1. The molecule has 1 aromatic heterocycles. The summed E-state index contributed by atoms with van der Waals surface area (Å²) in [5.41, 5.74) is 4.87. The van der Waals surface area contributed by atoms with Crippen LogP contribution in [0.25, 0.3) is 0 Å². The van der Waals surface area contributed by atoms with E-state index in [9.17, 15) is 9.59 Å². The zero-order valence-corrected chi connectivity index (χ0v) is 12.0. The molecule has 0 spiro atoms. The van der Waals surface area contributed by atoms with Gasteiger partial charge in [-0.25, -0.2) is 4.79 Å². The van der Waals surface area contributed by atoms with Gasteiger partial charge in [-0.2, -0.15) is 0 Å². The van der Waals surface area contributed by atoms with Crippen molar-refractivity contribution in [1.29, 1.82) is 0 Å². The molecule has 1 rings (SSSR count). The summed E-state index contributed by atoms with van der Waals surface area (Å²) in [5, 5.41) is 5.03. The van der Waals surface area contributed by atoms with E-state index in [4.69, 9.17) is 5.73 Å². The molecule has 8 heteroatoms. The van der Waals surface area contributed by atoms with Crippen LogP contribution >= 0.6 is 43.2 Å². The molecule has 0 fully saturated rings. The van der Waals surface area contributed by atoms with E-state index in [1.807, 2.05) is 0 Å². The van der Waals surface area contributed by atoms with E-state index in [-0.39, 0.29) is 5.91 Å². The third-order valence-electron chi connectivity index (χ3n) is 1.58. The number of thiophene rings is 1. The normalized spacial score (nSPS) is 9.88. The molecular weight excluding hydrogens is 362 g/mol. The molecule has 0 atom stereocenters. The summed E-state index contributed by atoms with van der Waals surface area (Å²) in [4.78, 5) is 22.5. The fourth-order valence-electron chi connectivity index (χ4n) is 0.907. The van der Waals surface area contributed by atoms with Crippen LogP contribution in [0.4, 0.5) is 4.79 Å². The van der Waals surface area contributed by atoms with Gasteiger partial charge in [0.1, 0.15) is 0 Å². The Morgan fingerprint density at radius 3 is 2.44 bits per heavy atom. The van der Waals surface area contributed by atoms with Crippen molar-refractivity contribution in [2.24, 2.45) is 5.73 Å². The molecule has 5 nitrogen and oxygen atoms in total. The van der Waals surface area contributed by atoms with Crippen molar-refractivity contribution in [3.8, 4) is 0 Å². The Hall–Kier alpha value is -0.600. The Labute approximate surface area is 113 Å². The van der Waals surface area contributed by atoms with Gasteiger partial charge in [0.25, 0.3) is 5.91 Å². The molecule has 0 bridgehead atoms. The average Bonchev–Trinajstić information content (AvgIpc) is 2.54. The van der Waals surface area contributed by atoms with E-state index in [0.29, 0.717) is 18.0 Å². The first kappa shape index (κ1) is 13.5. The number of carbonyl (C=O) groups is 2. The fraction of sp³-hybridized carbons (Fsp3) is 0.250. The van der Waals surface area contributed by atoms with E-state index < -0.39 is 6.03 Å². The van der Waals surface area contributed by atoms with E-state index >= 15 is 0 Å². The molecule has 0 aromatic carbocycles. The Morgan fingerprint density at radius 1 is 1.31 bits per heavy atom. The van der Waals surface area contributed by atoms with Crippen LogP contribution in [0.1, 0.15) is 9.67 Å². The van der Waals surface area contributed by atoms with Gasteiger partial charge in [-0.3, -0.25) is 4.79 Å². The average molecular weight is 371 g/mol. The van der Waals surface area contributed by atoms with Crippen LogP contribution in [0, 0.1) is 0 Å². The van der Waals surface area contributed by atoms with Gasteiger partial charge in [-0.1, -0.05) is 0 Å². The van der Waals surface area contributed by atoms with Crippen molar-refractivity contribution in [1.82, 2.24) is 10.6 Å². The quantitative estimate of drug-likeness (QED) is 0.704. The zero-order chi connectivity index (χ0) is 12.1. The molecule has 0 aliphatic carbocycles. The smallest absolute Gasteiger partial charge is 0.312 e. The van der Waals surface area contributed by atoms with Gasteiger partial charge in [-0.15, -0.1) is 11.3 Å². The molecule has 3 amide bonds. The van der Waals surface area contributed by atoms with E-state index in [2.05, 4.69) is 42.5 Å². The standard InChI is InChI=1S/C8H9Br2N3O2S/c9-4-3-5(16-6(4)10)7(14)12-1-2-13-8(11)15/h3H,1-2H2,(H,12,14)(H3,11,13,15). The maximum Gasteiger partial charge on any atom is 0.312 e. The van der Waals surface area contributed by atoms with Crippen LogP contribution in [-0.2, 0) is 0 Å². The number of primary amides is 1. The number of hydrogen-bond donors (Lipinski definition) is 3. The van der Waals surface area contributed by atoms with Gasteiger partial charge in [-0.05, 0) is 37.9 Å². The third kappa shape index (κ3) is 4.11. The summed E-state index contributed by atoms with van der Waals surface area (Å²) in [6.07, 6.45) is 0. The molecule has 0 aliphatic rings. The molecule has 1 heterocycles. The minimum Gasteiger partial charge on any atom is -0.352 e. The van der Waals surface area contributed by atoms with Gasteiger partial charge < -0.3 is 16.4 Å².